The molecule has 4 heteroatoms. The van der Waals surface area contributed by atoms with Crippen LogP contribution in [0.2, 0.25) is 0 Å². The Balaban J connectivity index is 2.44. The van der Waals surface area contributed by atoms with Crippen LogP contribution in [0, 0.1) is 5.82 Å². The summed E-state index contributed by atoms with van der Waals surface area (Å²) in [6.45, 7) is 0. The van der Waals surface area contributed by atoms with Crippen LogP contribution in [0.4, 0.5) is 4.39 Å². The van der Waals surface area contributed by atoms with Gasteiger partial charge in [0.05, 0.1) is 18.9 Å². The quantitative estimate of drug-likeness (QED) is 0.762. The van der Waals surface area contributed by atoms with Gasteiger partial charge in [0.15, 0.2) is 5.78 Å². The smallest absolute Gasteiger partial charge is 0.196 e. The molecule has 0 amide bonds. The van der Waals surface area contributed by atoms with Crippen LogP contribution in [0.25, 0.3) is 0 Å². The first-order valence-electron chi connectivity index (χ1n) is 5.00. The van der Waals surface area contributed by atoms with Gasteiger partial charge < -0.3 is 4.74 Å². The molecule has 17 heavy (non-hydrogen) atoms. The van der Waals surface area contributed by atoms with Crippen LogP contribution in [0.5, 0.6) is 5.75 Å². The Hall–Kier alpha value is -2.23. The fourth-order valence-corrected chi connectivity index (χ4v) is 1.52. The summed E-state index contributed by atoms with van der Waals surface area (Å²) in [6, 6.07) is 7.09. The second-order valence-corrected chi connectivity index (χ2v) is 3.42. The standard InChI is InChI=1S/C13H10FNO2/c1-17-12-8-15-6-5-11(12)13(16)9-3-2-4-10(14)7-9/h2-8H,1H3. The number of rotatable bonds is 3. The number of hydrogen-bond acceptors (Lipinski definition) is 3. The van der Waals surface area contributed by atoms with Crippen LogP contribution in [-0.4, -0.2) is 17.9 Å². The third kappa shape index (κ3) is 2.30. The Bertz CT molecular complexity index is 555. The summed E-state index contributed by atoms with van der Waals surface area (Å²) in [6.07, 6.45) is 2.95. The van der Waals surface area contributed by atoms with Gasteiger partial charge in [-0.2, -0.15) is 0 Å². The number of carbonyl (C=O) groups excluding carboxylic acids is 1. The molecular weight excluding hydrogens is 221 g/mol. The first-order chi connectivity index (χ1) is 8.22. The van der Waals surface area contributed by atoms with Crippen LogP contribution in [0.15, 0.2) is 42.7 Å². The summed E-state index contributed by atoms with van der Waals surface area (Å²) in [5, 5.41) is 0. The first kappa shape index (κ1) is 11.3. The van der Waals surface area contributed by atoms with Crippen molar-refractivity contribution in [2.24, 2.45) is 0 Å². The molecule has 86 valence electrons. The number of carbonyl (C=O) groups is 1. The molecule has 0 atom stereocenters. The summed E-state index contributed by atoms with van der Waals surface area (Å²) >= 11 is 0. The van der Waals surface area contributed by atoms with Crippen molar-refractivity contribution in [2.75, 3.05) is 7.11 Å². The Morgan fingerprint density at radius 1 is 1.35 bits per heavy atom. The topological polar surface area (TPSA) is 39.2 Å². The lowest BCUT2D eigenvalue weighted by Crippen LogP contribution is -2.04. The molecule has 0 radical (unpaired) electrons. The normalized spacial score (nSPS) is 10.0. The predicted molar refractivity (Wildman–Crippen MR) is 60.6 cm³/mol. The molecule has 0 fully saturated rings. The zero-order chi connectivity index (χ0) is 12.3. The van der Waals surface area contributed by atoms with Gasteiger partial charge in [-0.05, 0) is 18.2 Å². The molecule has 0 bridgehead atoms. The molecule has 0 aliphatic heterocycles. The number of halogens is 1. The molecule has 0 saturated heterocycles. The first-order valence-corrected chi connectivity index (χ1v) is 5.00. The van der Waals surface area contributed by atoms with Gasteiger partial charge in [-0.3, -0.25) is 9.78 Å². The van der Waals surface area contributed by atoms with E-state index in [9.17, 15) is 9.18 Å². The minimum atomic E-state index is -0.441. The molecule has 2 aromatic rings. The van der Waals surface area contributed by atoms with Crippen LogP contribution < -0.4 is 4.74 Å². The predicted octanol–water partition coefficient (Wildman–Crippen LogP) is 2.46. The maximum Gasteiger partial charge on any atom is 0.196 e. The molecule has 0 saturated carbocycles. The number of nitrogens with zero attached hydrogens (tertiary/aromatic N) is 1. The van der Waals surface area contributed by atoms with E-state index in [4.69, 9.17) is 4.74 Å². The lowest BCUT2D eigenvalue weighted by molar-refractivity contribution is 0.103. The minimum absolute atomic E-state index is 0.287. The van der Waals surface area contributed by atoms with Crippen molar-refractivity contribution in [1.29, 1.82) is 0 Å². The zero-order valence-electron chi connectivity index (χ0n) is 9.18. The van der Waals surface area contributed by atoms with Crippen molar-refractivity contribution in [1.82, 2.24) is 4.98 Å². The van der Waals surface area contributed by atoms with E-state index in [0.717, 1.165) is 0 Å². The number of aromatic nitrogens is 1. The summed E-state index contributed by atoms with van der Waals surface area (Å²) in [5.41, 5.74) is 0.655. The Morgan fingerprint density at radius 2 is 2.18 bits per heavy atom. The second-order valence-electron chi connectivity index (χ2n) is 3.42. The third-order valence-corrected chi connectivity index (χ3v) is 2.34. The SMILES string of the molecule is COc1cnccc1C(=O)c1cccc(F)c1. The van der Waals surface area contributed by atoms with Crippen LogP contribution in [0.1, 0.15) is 15.9 Å². The van der Waals surface area contributed by atoms with E-state index in [2.05, 4.69) is 4.98 Å². The fourth-order valence-electron chi connectivity index (χ4n) is 1.52. The minimum Gasteiger partial charge on any atom is -0.494 e. The maximum atomic E-state index is 13.0. The second kappa shape index (κ2) is 4.74. The number of methoxy groups -OCH3 is 1. The van der Waals surface area contributed by atoms with Crippen molar-refractivity contribution >= 4 is 5.78 Å². The van der Waals surface area contributed by atoms with E-state index in [1.165, 1.54) is 37.7 Å². The van der Waals surface area contributed by atoms with Gasteiger partial charge >= 0.3 is 0 Å². The number of hydrogen-bond donors (Lipinski definition) is 0. The molecule has 0 unspecified atom stereocenters. The Labute approximate surface area is 97.9 Å². The molecule has 0 aliphatic carbocycles. The molecule has 2 rings (SSSR count). The van der Waals surface area contributed by atoms with Gasteiger partial charge in [0.25, 0.3) is 0 Å². The molecule has 1 heterocycles. The van der Waals surface area contributed by atoms with Crippen molar-refractivity contribution < 1.29 is 13.9 Å². The number of ether oxygens (including phenoxy) is 1. The zero-order valence-corrected chi connectivity index (χ0v) is 9.18. The molecular formula is C13H10FNO2. The molecule has 1 aromatic heterocycles. The fraction of sp³-hybridized carbons (Fsp3) is 0.0769. The van der Waals surface area contributed by atoms with Crippen LogP contribution >= 0.6 is 0 Å². The Morgan fingerprint density at radius 3 is 2.88 bits per heavy atom. The van der Waals surface area contributed by atoms with Gasteiger partial charge in [0.1, 0.15) is 11.6 Å². The molecule has 1 aromatic carbocycles. The highest BCUT2D eigenvalue weighted by molar-refractivity contribution is 6.10. The van der Waals surface area contributed by atoms with E-state index in [1.807, 2.05) is 0 Å². The van der Waals surface area contributed by atoms with Crippen molar-refractivity contribution in [3.8, 4) is 5.75 Å². The van der Waals surface area contributed by atoms with E-state index >= 15 is 0 Å². The van der Waals surface area contributed by atoms with Crippen molar-refractivity contribution in [2.45, 2.75) is 0 Å². The van der Waals surface area contributed by atoms with E-state index < -0.39 is 5.82 Å². The van der Waals surface area contributed by atoms with Gasteiger partial charge in [-0.1, -0.05) is 12.1 Å². The number of ketones is 1. The van der Waals surface area contributed by atoms with Gasteiger partial charge in [0, 0.05) is 11.8 Å². The lowest BCUT2D eigenvalue weighted by atomic mass is 10.0. The maximum absolute atomic E-state index is 13.0. The number of benzene rings is 1. The summed E-state index contributed by atoms with van der Waals surface area (Å²) in [4.78, 5) is 16.0. The highest BCUT2D eigenvalue weighted by Crippen LogP contribution is 2.20. The van der Waals surface area contributed by atoms with Crippen LogP contribution in [0.3, 0.4) is 0 Å². The average Bonchev–Trinajstić information content (AvgIpc) is 2.38. The van der Waals surface area contributed by atoms with Crippen LogP contribution in [-0.2, 0) is 0 Å². The summed E-state index contributed by atoms with van der Waals surface area (Å²) < 4.78 is 18.1. The summed E-state index contributed by atoms with van der Waals surface area (Å²) in [5.74, 6) is -0.352. The van der Waals surface area contributed by atoms with Gasteiger partial charge in [-0.25, -0.2) is 4.39 Å². The molecule has 0 aliphatic rings. The highest BCUT2D eigenvalue weighted by Gasteiger charge is 2.14. The Kier molecular flexibility index (Phi) is 3.14. The molecule has 0 spiro atoms. The monoisotopic (exact) mass is 231 g/mol. The van der Waals surface area contributed by atoms with Crippen molar-refractivity contribution in [3.05, 3.63) is 59.7 Å². The van der Waals surface area contributed by atoms with E-state index in [1.54, 1.807) is 12.1 Å². The lowest BCUT2D eigenvalue weighted by Gasteiger charge is -2.06. The molecule has 0 N–H and O–H groups in total. The van der Waals surface area contributed by atoms with Gasteiger partial charge in [-0.15, -0.1) is 0 Å². The molecule has 3 nitrogen and oxygen atoms in total. The largest absolute Gasteiger partial charge is 0.494 e. The summed E-state index contributed by atoms with van der Waals surface area (Å²) in [7, 11) is 1.46. The van der Waals surface area contributed by atoms with Crippen molar-refractivity contribution in [3.63, 3.8) is 0 Å². The number of pyridine rings is 1. The third-order valence-electron chi connectivity index (χ3n) is 2.34. The highest BCUT2D eigenvalue weighted by atomic mass is 19.1. The van der Waals surface area contributed by atoms with Gasteiger partial charge in [0.2, 0.25) is 0 Å². The van der Waals surface area contributed by atoms with E-state index in [0.29, 0.717) is 11.3 Å². The van der Waals surface area contributed by atoms with E-state index in [-0.39, 0.29) is 11.3 Å². The average molecular weight is 231 g/mol.